The molecule has 0 aliphatic carbocycles. The summed E-state index contributed by atoms with van der Waals surface area (Å²) in [4.78, 5) is 5.06. The van der Waals surface area contributed by atoms with Gasteiger partial charge >= 0.3 is 0 Å². The molecule has 158 valence electrons. The summed E-state index contributed by atoms with van der Waals surface area (Å²) in [6.45, 7) is 9.61. The van der Waals surface area contributed by atoms with Gasteiger partial charge in [-0.3, -0.25) is 4.90 Å². The van der Waals surface area contributed by atoms with Gasteiger partial charge in [-0.05, 0) is 48.7 Å². The molecule has 3 aromatic carbocycles. The maximum Gasteiger partial charge on any atom is 0.127 e. The number of hydrogen-bond donors (Lipinski definition) is 0. The molecule has 0 radical (unpaired) electrons. The van der Waals surface area contributed by atoms with Gasteiger partial charge in [0.15, 0.2) is 0 Å². The van der Waals surface area contributed by atoms with Crippen molar-refractivity contribution in [1.82, 2.24) is 4.90 Å². The number of rotatable bonds is 4. The number of para-hydroxylation sites is 1. The largest absolute Gasteiger partial charge is 0.488 e. The van der Waals surface area contributed by atoms with Crippen molar-refractivity contribution >= 4 is 16.8 Å². The predicted octanol–water partition coefficient (Wildman–Crippen LogP) is 5.57. The number of benzene rings is 3. The highest BCUT2D eigenvalue weighted by molar-refractivity contribution is 6.01. The van der Waals surface area contributed by atoms with Crippen molar-refractivity contribution in [3.63, 3.8) is 0 Å². The van der Waals surface area contributed by atoms with Crippen LogP contribution in [0.4, 0.5) is 5.69 Å². The van der Waals surface area contributed by atoms with E-state index < -0.39 is 0 Å². The first-order valence-electron chi connectivity index (χ1n) is 11.3. The topological polar surface area (TPSA) is 15.7 Å². The van der Waals surface area contributed by atoms with Gasteiger partial charge in [-0.1, -0.05) is 60.7 Å². The van der Waals surface area contributed by atoms with Crippen molar-refractivity contribution in [1.29, 1.82) is 0 Å². The van der Waals surface area contributed by atoms with Gasteiger partial charge in [0.05, 0.1) is 0 Å². The Balaban J connectivity index is 1.49. The number of hydrogen-bond acceptors (Lipinski definition) is 3. The van der Waals surface area contributed by atoms with Gasteiger partial charge in [0, 0.05) is 49.0 Å². The van der Waals surface area contributed by atoms with E-state index in [9.17, 15) is 0 Å². The van der Waals surface area contributed by atoms with E-state index in [1.807, 2.05) is 6.07 Å². The molecule has 0 saturated carbocycles. The lowest BCUT2D eigenvalue weighted by atomic mass is 9.88. The molecule has 3 nitrogen and oxygen atoms in total. The zero-order chi connectivity index (χ0) is 21.2. The van der Waals surface area contributed by atoms with Gasteiger partial charge in [0.2, 0.25) is 0 Å². The first-order valence-corrected chi connectivity index (χ1v) is 11.3. The molecule has 1 fully saturated rings. The normalized spacial score (nSPS) is 16.9. The van der Waals surface area contributed by atoms with Crippen LogP contribution >= 0.6 is 0 Å². The molecule has 2 heterocycles. The van der Waals surface area contributed by atoms with Gasteiger partial charge < -0.3 is 9.64 Å². The predicted molar refractivity (Wildman–Crippen MR) is 130 cm³/mol. The van der Waals surface area contributed by atoms with E-state index in [0.717, 1.165) is 31.9 Å². The van der Waals surface area contributed by atoms with Gasteiger partial charge in [0.1, 0.15) is 12.4 Å². The fraction of sp³-hybridized carbons (Fsp3) is 0.286. The first kappa shape index (κ1) is 19.9. The molecule has 2 aliphatic heterocycles. The minimum absolute atomic E-state index is 0.593. The molecule has 31 heavy (non-hydrogen) atoms. The summed E-state index contributed by atoms with van der Waals surface area (Å²) in [6, 6.07) is 28.8. The maximum absolute atomic E-state index is 6.12. The van der Waals surface area contributed by atoms with E-state index in [-0.39, 0.29) is 0 Å². The highest BCUT2D eigenvalue weighted by Crippen LogP contribution is 2.41. The Morgan fingerprint density at radius 1 is 0.710 bits per heavy atom. The second-order valence-corrected chi connectivity index (χ2v) is 8.67. The molecular weight excluding hydrogens is 380 g/mol. The lowest BCUT2D eigenvalue weighted by molar-refractivity contribution is 0.209. The number of anilines is 1. The minimum atomic E-state index is 0.593. The van der Waals surface area contributed by atoms with E-state index in [0.29, 0.717) is 12.6 Å². The molecule has 3 heteroatoms. The molecule has 0 atom stereocenters. The fourth-order valence-corrected chi connectivity index (χ4v) is 4.72. The highest BCUT2D eigenvalue weighted by atomic mass is 16.5. The number of fused-ring (bicyclic) bond motifs is 1. The van der Waals surface area contributed by atoms with Gasteiger partial charge in [-0.25, -0.2) is 0 Å². The summed E-state index contributed by atoms with van der Waals surface area (Å²) >= 11 is 0. The Labute approximate surface area is 185 Å². The third kappa shape index (κ3) is 3.98. The number of piperazine rings is 1. The van der Waals surface area contributed by atoms with Crippen molar-refractivity contribution in [2.24, 2.45) is 0 Å². The van der Waals surface area contributed by atoms with Gasteiger partial charge in [0.25, 0.3) is 0 Å². The van der Waals surface area contributed by atoms with Crippen LogP contribution in [0, 0.1) is 0 Å². The molecule has 2 aliphatic rings. The van der Waals surface area contributed by atoms with Crippen LogP contribution in [0.5, 0.6) is 5.75 Å². The van der Waals surface area contributed by atoms with Crippen LogP contribution in [0.1, 0.15) is 30.5 Å². The Bertz CT molecular complexity index is 1060. The zero-order valence-electron chi connectivity index (χ0n) is 18.4. The lowest BCUT2D eigenvalue weighted by Gasteiger charge is -2.38. The smallest absolute Gasteiger partial charge is 0.127 e. The summed E-state index contributed by atoms with van der Waals surface area (Å²) in [5.41, 5.74) is 7.49. The molecule has 0 unspecified atom stereocenters. The van der Waals surface area contributed by atoms with Crippen molar-refractivity contribution in [2.75, 3.05) is 37.7 Å². The molecule has 0 N–H and O–H groups in total. The molecule has 5 rings (SSSR count). The van der Waals surface area contributed by atoms with E-state index in [4.69, 9.17) is 4.74 Å². The molecule has 0 spiro atoms. The summed E-state index contributed by atoms with van der Waals surface area (Å²) in [5, 5.41) is 0. The highest BCUT2D eigenvalue weighted by Gasteiger charge is 2.23. The van der Waals surface area contributed by atoms with Crippen LogP contribution in [0.25, 0.3) is 11.1 Å². The maximum atomic E-state index is 6.12. The SMILES string of the molecule is CC(C)N1CCN(c2ccc(C3=C(c4ccccc4)COc4ccccc43)cc2)CC1. The van der Waals surface area contributed by atoms with Crippen LogP contribution < -0.4 is 9.64 Å². The minimum Gasteiger partial charge on any atom is -0.488 e. The molecule has 1 saturated heterocycles. The average molecular weight is 411 g/mol. The van der Waals surface area contributed by atoms with Crippen molar-refractivity contribution < 1.29 is 4.74 Å². The summed E-state index contributed by atoms with van der Waals surface area (Å²) < 4.78 is 6.12. The molecule has 0 aromatic heterocycles. The van der Waals surface area contributed by atoms with Crippen molar-refractivity contribution in [3.05, 3.63) is 95.6 Å². The van der Waals surface area contributed by atoms with Crippen molar-refractivity contribution in [2.45, 2.75) is 19.9 Å². The average Bonchev–Trinajstić information content (AvgIpc) is 2.84. The first-order chi connectivity index (χ1) is 15.2. The Hall–Kier alpha value is -3.04. The monoisotopic (exact) mass is 410 g/mol. The Kier molecular flexibility index (Phi) is 5.52. The van der Waals surface area contributed by atoms with Gasteiger partial charge in [-0.15, -0.1) is 0 Å². The van der Waals surface area contributed by atoms with Crippen LogP contribution in [-0.2, 0) is 0 Å². The second kappa shape index (κ2) is 8.60. The number of nitrogens with zero attached hydrogens (tertiary/aromatic N) is 2. The number of ether oxygens (including phenoxy) is 1. The van der Waals surface area contributed by atoms with Gasteiger partial charge in [-0.2, -0.15) is 0 Å². The van der Waals surface area contributed by atoms with E-state index in [1.165, 1.54) is 33.5 Å². The van der Waals surface area contributed by atoms with Crippen molar-refractivity contribution in [3.8, 4) is 5.75 Å². The van der Waals surface area contributed by atoms with Crippen LogP contribution in [0.3, 0.4) is 0 Å². The zero-order valence-corrected chi connectivity index (χ0v) is 18.4. The van der Waals surface area contributed by atoms with E-state index >= 15 is 0 Å². The molecular formula is C28H30N2O. The van der Waals surface area contributed by atoms with Crippen LogP contribution in [0.2, 0.25) is 0 Å². The lowest BCUT2D eigenvalue weighted by Crippen LogP contribution is -2.48. The Morgan fingerprint density at radius 2 is 1.39 bits per heavy atom. The molecule has 0 amide bonds. The Morgan fingerprint density at radius 3 is 2.10 bits per heavy atom. The summed E-state index contributed by atoms with van der Waals surface area (Å²) in [7, 11) is 0. The van der Waals surface area contributed by atoms with Crippen LogP contribution in [0.15, 0.2) is 78.9 Å². The second-order valence-electron chi connectivity index (χ2n) is 8.67. The third-order valence-corrected chi connectivity index (χ3v) is 6.52. The fourth-order valence-electron chi connectivity index (χ4n) is 4.72. The molecule has 3 aromatic rings. The quantitative estimate of drug-likeness (QED) is 0.559. The summed E-state index contributed by atoms with van der Waals surface area (Å²) in [5.74, 6) is 0.964. The summed E-state index contributed by atoms with van der Waals surface area (Å²) in [6.07, 6.45) is 0. The van der Waals surface area contributed by atoms with Crippen LogP contribution in [-0.4, -0.2) is 43.7 Å². The van der Waals surface area contributed by atoms with E-state index in [2.05, 4.69) is 96.4 Å². The molecule has 0 bridgehead atoms. The standard InChI is InChI=1S/C28H30N2O/c1-21(2)29-16-18-30(19-17-29)24-14-12-23(13-15-24)28-25-10-6-7-11-27(25)31-20-26(28)22-8-4-3-5-9-22/h3-15,21H,16-20H2,1-2H3. The van der Waals surface area contributed by atoms with E-state index in [1.54, 1.807) is 0 Å². The third-order valence-electron chi connectivity index (χ3n) is 6.52.